The maximum atomic E-state index is 12.3. The molecule has 0 bridgehead atoms. The second kappa shape index (κ2) is 9.49. The molecule has 0 saturated heterocycles. The molecule has 7 heteroatoms. The average Bonchev–Trinajstić information content (AvgIpc) is 3.31. The van der Waals surface area contributed by atoms with E-state index in [2.05, 4.69) is 15.5 Å². The van der Waals surface area contributed by atoms with Crippen molar-refractivity contribution < 1.29 is 14.1 Å². The molecular weight excluding hydrogens is 392 g/mol. The molecule has 2 aromatic heterocycles. The molecule has 7 nitrogen and oxygen atoms in total. The Balaban J connectivity index is 1.41. The molecule has 4 aromatic rings. The van der Waals surface area contributed by atoms with E-state index >= 15 is 0 Å². The van der Waals surface area contributed by atoms with E-state index in [9.17, 15) is 9.59 Å². The van der Waals surface area contributed by atoms with Crippen molar-refractivity contribution in [2.45, 2.75) is 6.54 Å². The topological polar surface area (TPSA) is 89.5 Å². The van der Waals surface area contributed by atoms with Crippen LogP contribution >= 0.6 is 0 Å². The Morgan fingerprint density at radius 3 is 2.42 bits per heavy atom. The van der Waals surface area contributed by atoms with E-state index in [0.29, 0.717) is 17.8 Å². The predicted molar refractivity (Wildman–Crippen MR) is 115 cm³/mol. The summed E-state index contributed by atoms with van der Waals surface area (Å²) >= 11 is 0. The first-order chi connectivity index (χ1) is 15.2. The number of amides is 2. The third-order valence-corrected chi connectivity index (χ3v) is 4.55. The fourth-order valence-corrected chi connectivity index (χ4v) is 3.02. The molecule has 0 unspecified atom stereocenters. The Bertz CT molecular complexity index is 1240. The number of hydrogen-bond acceptors (Lipinski definition) is 4. The van der Waals surface area contributed by atoms with Crippen LogP contribution in [0.5, 0.6) is 0 Å². The van der Waals surface area contributed by atoms with Crippen LogP contribution in [-0.2, 0) is 11.3 Å². The molecule has 2 aromatic carbocycles. The summed E-state index contributed by atoms with van der Waals surface area (Å²) in [6.45, 7) is 0.341. The molecule has 2 amide bonds. The van der Waals surface area contributed by atoms with Gasteiger partial charge in [0, 0.05) is 24.4 Å². The lowest BCUT2D eigenvalue weighted by Gasteiger charge is -2.07. The second-order valence-electron chi connectivity index (χ2n) is 6.80. The van der Waals surface area contributed by atoms with Crippen LogP contribution in [0.2, 0.25) is 0 Å². The third kappa shape index (κ3) is 5.22. The van der Waals surface area contributed by atoms with Crippen molar-refractivity contribution in [3.05, 3.63) is 108 Å². The first-order valence-electron chi connectivity index (χ1n) is 9.76. The van der Waals surface area contributed by atoms with E-state index in [4.69, 9.17) is 4.52 Å². The fourth-order valence-electron chi connectivity index (χ4n) is 3.02. The lowest BCUT2D eigenvalue weighted by Crippen LogP contribution is -2.31. The molecule has 2 heterocycles. The van der Waals surface area contributed by atoms with Gasteiger partial charge >= 0.3 is 0 Å². The minimum absolute atomic E-state index is 0.102. The lowest BCUT2D eigenvalue weighted by atomic mass is 10.1. The van der Waals surface area contributed by atoms with Gasteiger partial charge in [-0.3, -0.25) is 9.59 Å². The summed E-state index contributed by atoms with van der Waals surface area (Å²) in [6.07, 6.45) is 1.86. The summed E-state index contributed by atoms with van der Waals surface area (Å²) in [7, 11) is 0. The first-order valence-corrected chi connectivity index (χ1v) is 9.76. The molecule has 0 saturated carbocycles. The predicted octanol–water partition coefficient (Wildman–Crippen LogP) is 3.05. The number of nitrogens with zero attached hydrogens (tertiary/aromatic N) is 3. The molecule has 4 rings (SSSR count). The van der Waals surface area contributed by atoms with Crippen molar-refractivity contribution in [3.8, 4) is 11.3 Å². The van der Waals surface area contributed by atoms with Gasteiger partial charge in [0.05, 0.1) is 6.54 Å². The van der Waals surface area contributed by atoms with Crippen LogP contribution in [0.25, 0.3) is 11.3 Å². The molecule has 0 radical (unpaired) electrons. The molecule has 0 aliphatic heterocycles. The Morgan fingerprint density at radius 2 is 1.65 bits per heavy atom. The molecular formula is C24H20N4O3. The van der Waals surface area contributed by atoms with Crippen LogP contribution in [0, 0.1) is 0 Å². The van der Waals surface area contributed by atoms with Crippen LogP contribution in [0.4, 0.5) is 0 Å². The molecule has 0 aliphatic rings. The fraction of sp³-hybridized carbons (Fsp3) is 0.0833. The monoisotopic (exact) mass is 412 g/mol. The van der Waals surface area contributed by atoms with Gasteiger partial charge in [-0.2, -0.15) is 4.99 Å². The van der Waals surface area contributed by atoms with Gasteiger partial charge in [0.15, 0.2) is 11.5 Å². The summed E-state index contributed by atoms with van der Waals surface area (Å²) in [5.74, 6) is -0.485. The van der Waals surface area contributed by atoms with Gasteiger partial charge in [-0.05, 0) is 17.7 Å². The number of benzene rings is 2. The summed E-state index contributed by atoms with van der Waals surface area (Å²) in [6, 6.07) is 26.2. The Hall–Kier alpha value is -4.26. The highest BCUT2D eigenvalue weighted by Gasteiger charge is 2.14. The van der Waals surface area contributed by atoms with E-state index in [1.54, 1.807) is 6.07 Å². The molecule has 31 heavy (non-hydrogen) atoms. The van der Waals surface area contributed by atoms with Gasteiger partial charge < -0.3 is 14.4 Å². The summed E-state index contributed by atoms with van der Waals surface area (Å²) < 4.78 is 7.10. The number of nitrogens with one attached hydrogen (secondary N) is 1. The van der Waals surface area contributed by atoms with Crippen molar-refractivity contribution in [2.24, 2.45) is 4.99 Å². The highest BCUT2D eigenvalue weighted by Crippen LogP contribution is 2.19. The molecule has 154 valence electrons. The van der Waals surface area contributed by atoms with Gasteiger partial charge in [-0.15, -0.1) is 0 Å². The number of hydrogen-bond donors (Lipinski definition) is 1. The third-order valence-electron chi connectivity index (χ3n) is 4.55. The van der Waals surface area contributed by atoms with Crippen molar-refractivity contribution in [3.63, 3.8) is 0 Å². The van der Waals surface area contributed by atoms with E-state index in [1.807, 2.05) is 83.6 Å². The van der Waals surface area contributed by atoms with Gasteiger partial charge in [-0.25, -0.2) is 0 Å². The number of aromatic nitrogens is 2. The minimum Gasteiger partial charge on any atom is -0.355 e. The van der Waals surface area contributed by atoms with Crippen molar-refractivity contribution >= 4 is 11.8 Å². The highest BCUT2D eigenvalue weighted by molar-refractivity contribution is 5.95. The summed E-state index contributed by atoms with van der Waals surface area (Å²) in [5, 5.41) is 6.32. The molecule has 0 atom stereocenters. The first kappa shape index (κ1) is 20.0. The minimum atomic E-state index is -0.500. The van der Waals surface area contributed by atoms with Crippen LogP contribution in [-0.4, -0.2) is 28.1 Å². The molecule has 0 aliphatic carbocycles. The molecule has 1 N–H and O–H groups in total. The summed E-state index contributed by atoms with van der Waals surface area (Å²) in [5.41, 5.74) is 2.52. The van der Waals surface area contributed by atoms with Gasteiger partial charge in [0.2, 0.25) is 0 Å². The Kier molecular flexibility index (Phi) is 6.13. The standard InChI is InChI=1S/C24H20N4O3/c29-23(26-22-13-7-8-14-28(22)17-18-9-3-1-4-10-18)16-25-24(30)20-15-21(31-27-20)19-11-5-2-6-12-19/h1-15H,16-17H2,(H,25,30). The SMILES string of the molecule is O=C(CNC(=O)c1cc(-c2ccccc2)on1)N=c1ccccn1Cc1ccccc1. The van der Waals surface area contributed by atoms with E-state index in [-0.39, 0.29) is 12.2 Å². The largest absolute Gasteiger partial charge is 0.355 e. The molecule has 0 spiro atoms. The lowest BCUT2D eigenvalue weighted by molar-refractivity contribution is -0.117. The number of carbonyl (C=O) groups is 2. The van der Waals surface area contributed by atoms with Gasteiger partial charge in [0.1, 0.15) is 5.49 Å². The number of pyridine rings is 1. The van der Waals surface area contributed by atoms with Crippen molar-refractivity contribution in [1.82, 2.24) is 15.0 Å². The Morgan fingerprint density at radius 1 is 0.935 bits per heavy atom. The van der Waals surface area contributed by atoms with Crippen LogP contribution in [0.3, 0.4) is 0 Å². The zero-order valence-electron chi connectivity index (χ0n) is 16.6. The van der Waals surface area contributed by atoms with Gasteiger partial charge in [-0.1, -0.05) is 71.9 Å². The van der Waals surface area contributed by atoms with Gasteiger partial charge in [0.25, 0.3) is 11.8 Å². The van der Waals surface area contributed by atoms with Crippen molar-refractivity contribution in [1.29, 1.82) is 0 Å². The quantitative estimate of drug-likeness (QED) is 0.527. The second-order valence-corrected chi connectivity index (χ2v) is 6.80. The smallest absolute Gasteiger partial charge is 0.273 e. The van der Waals surface area contributed by atoms with E-state index < -0.39 is 11.8 Å². The average molecular weight is 412 g/mol. The Labute approximate surface area is 178 Å². The number of rotatable bonds is 6. The molecule has 0 fully saturated rings. The maximum absolute atomic E-state index is 12.3. The van der Waals surface area contributed by atoms with E-state index in [0.717, 1.165) is 11.1 Å². The van der Waals surface area contributed by atoms with Crippen LogP contribution < -0.4 is 10.8 Å². The number of carbonyl (C=O) groups excluding carboxylic acids is 2. The van der Waals surface area contributed by atoms with Crippen molar-refractivity contribution in [2.75, 3.05) is 6.54 Å². The maximum Gasteiger partial charge on any atom is 0.273 e. The summed E-state index contributed by atoms with van der Waals surface area (Å²) in [4.78, 5) is 28.8. The van der Waals surface area contributed by atoms with Crippen LogP contribution in [0.15, 0.2) is 101 Å². The normalized spacial score (nSPS) is 11.3. The van der Waals surface area contributed by atoms with E-state index in [1.165, 1.54) is 6.07 Å². The highest BCUT2D eigenvalue weighted by atomic mass is 16.5. The van der Waals surface area contributed by atoms with Crippen LogP contribution in [0.1, 0.15) is 16.1 Å². The zero-order chi connectivity index (χ0) is 21.5. The zero-order valence-corrected chi connectivity index (χ0v) is 16.6.